The number of nitrogens with zero attached hydrogens (tertiary/aromatic N) is 2. The maximum atomic E-state index is 10.6. The van der Waals surface area contributed by atoms with E-state index < -0.39 is 0 Å². The largest absolute Gasteiger partial charge is 0.296 e. The van der Waals surface area contributed by atoms with Crippen molar-refractivity contribution in [2.75, 3.05) is 0 Å². The highest BCUT2D eigenvalue weighted by atomic mass is 79.9. The Bertz CT molecular complexity index is 480. The summed E-state index contributed by atoms with van der Waals surface area (Å²) < 4.78 is 2.29. The monoisotopic (exact) mass is 258 g/mol. The SMILES string of the molecule is O=Cc1nc(Br)c2cc(Cl)ccn12. The van der Waals surface area contributed by atoms with E-state index in [4.69, 9.17) is 11.6 Å². The number of carbonyl (C=O) groups is 1. The third kappa shape index (κ3) is 1.36. The van der Waals surface area contributed by atoms with Crippen LogP contribution in [-0.4, -0.2) is 15.7 Å². The molecule has 0 saturated heterocycles. The average molecular weight is 259 g/mol. The molecule has 2 rings (SSSR count). The lowest BCUT2D eigenvalue weighted by molar-refractivity contribution is 0.111. The first-order valence-electron chi connectivity index (χ1n) is 3.50. The molecule has 0 saturated carbocycles. The van der Waals surface area contributed by atoms with Crippen LogP contribution in [0.5, 0.6) is 0 Å². The van der Waals surface area contributed by atoms with Crippen molar-refractivity contribution in [3.05, 3.63) is 33.8 Å². The van der Waals surface area contributed by atoms with Crippen molar-refractivity contribution in [1.29, 1.82) is 0 Å². The molecule has 5 heteroatoms. The molecule has 0 unspecified atom stereocenters. The number of aromatic nitrogens is 2. The van der Waals surface area contributed by atoms with Crippen molar-refractivity contribution in [3.8, 4) is 0 Å². The zero-order chi connectivity index (χ0) is 9.42. The Morgan fingerprint density at radius 2 is 2.38 bits per heavy atom. The summed E-state index contributed by atoms with van der Waals surface area (Å²) in [7, 11) is 0. The third-order valence-corrected chi connectivity index (χ3v) is 2.51. The van der Waals surface area contributed by atoms with Gasteiger partial charge in [-0.25, -0.2) is 4.98 Å². The molecule has 0 fully saturated rings. The van der Waals surface area contributed by atoms with Gasteiger partial charge in [-0.05, 0) is 28.1 Å². The van der Waals surface area contributed by atoms with Gasteiger partial charge in [-0.3, -0.25) is 9.20 Å². The molecule has 13 heavy (non-hydrogen) atoms. The fraction of sp³-hybridized carbons (Fsp3) is 0. The molecule has 0 aliphatic rings. The van der Waals surface area contributed by atoms with Crippen LogP contribution in [0.2, 0.25) is 5.02 Å². The third-order valence-electron chi connectivity index (χ3n) is 1.69. The number of fused-ring (bicyclic) bond motifs is 1. The van der Waals surface area contributed by atoms with Gasteiger partial charge in [0.25, 0.3) is 0 Å². The smallest absolute Gasteiger partial charge is 0.185 e. The Labute approximate surface area is 87.5 Å². The molecule has 2 heterocycles. The van der Waals surface area contributed by atoms with Crippen LogP contribution in [0.1, 0.15) is 10.6 Å². The van der Waals surface area contributed by atoms with Crippen LogP contribution in [0.25, 0.3) is 5.52 Å². The molecular weight excluding hydrogens is 255 g/mol. The fourth-order valence-electron chi connectivity index (χ4n) is 1.13. The Morgan fingerprint density at radius 3 is 3.08 bits per heavy atom. The van der Waals surface area contributed by atoms with Crippen LogP contribution in [0.3, 0.4) is 0 Å². The van der Waals surface area contributed by atoms with Crippen molar-refractivity contribution in [2.24, 2.45) is 0 Å². The normalized spacial score (nSPS) is 10.6. The van der Waals surface area contributed by atoms with E-state index in [0.29, 0.717) is 21.7 Å². The van der Waals surface area contributed by atoms with E-state index in [-0.39, 0.29) is 0 Å². The molecule has 3 nitrogen and oxygen atoms in total. The summed E-state index contributed by atoms with van der Waals surface area (Å²) in [4.78, 5) is 14.6. The Balaban J connectivity index is 2.88. The van der Waals surface area contributed by atoms with E-state index in [9.17, 15) is 4.79 Å². The van der Waals surface area contributed by atoms with Gasteiger partial charge in [0.2, 0.25) is 0 Å². The maximum Gasteiger partial charge on any atom is 0.185 e. The van der Waals surface area contributed by atoms with Gasteiger partial charge in [0, 0.05) is 11.2 Å². The van der Waals surface area contributed by atoms with Crippen LogP contribution in [0.15, 0.2) is 22.9 Å². The molecule has 0 atom stereocenters. The minimum Gasteiger partial charge on any atom is -0.296 e. The number of rotatable bonds is 1. The Morgan fingerprint density at radius 1 is 1.62 bits per heavy atom. The van der Waals surface area contributed by atoms with E-state index in [0.717, 1.165) is 5.52 Å². The highest BCUT2D eigenvalue weighted by molar-refractivity contribution is 9.10. The van der Waals surface area contributed by atoms with Crippen molar-refractivity contribution in [1.82, 2.24) is 9.38 Å². The average Bonchev–Trinajstić information content (AvgIpc) is 2.43. The molecule has 0 spiro atoms. The number of aldehydes is 1. The van der Waals surface area contributed by atoms with Crippen LogP contribution >= 0.6 is 27.5 Å². The van der Waals surface area contributed by atoms with E-state index >= 15 is 0 Å². The van der Waals surface area contributed by atoms with Crippen LogP contribution in [-0.2, 0) is 0 Å². The summed E-state index contributed by atoms with van der Waals surface area (Å²) in [6.07, 6.45) is 2.41. The second-order valence-electron chi connectivity index (χ2n) is 2.48. The lowest BCUT2D eigenvalue weighted by atomic mass is 10.4. The summed E-state index contributed by atoms with van der Waals surface area (Å²) >= 11 is 9.04. The summed E-state index contributed by atoms with van der Waals surface area (Å²) in [5.74, 6) is 0.360. The van der Waals surface area contributed by atoms with E-state index in [1.54, 1.807) is 22.7 Å². The molecule has 2 aromatic heterocycles. The van der Waals surface area contributed by atoms with Crippen molar-refractivity contribution in [3.63, 3.8) is 0 Å². The van der Waals surface area contributed by atoms with Gasteiger partial charge >= 0.3 is 0 Å². The van der Waals surface area contributed by atoms with Crippen LogP contribution < -0.4 is 0 Å². The summed E-state index contributed by atoms with van der Waals surface area (Å²) in [5, 5.41) is 0.616. The number of hydrogen-bond donors (Lipinski definition) is 0. The molecule has 0 radical (unpaired) electrons. The van der Waals surface area contributed by atoms with E-state index in [1.165, 1.54) is 0 Å². The Hall–Kier alpha value is -0.870. The number of hydrogen-bond acceptors (Lipinski definition) is 2. The van der Waals surface area contributed by atoms with Gasteiger partial charge < -0.3 is 0 Å². The first kappa shape index (κ1) is 8.72. The first-order chi connectivity index (χ1) is 6.22. The molecule has 0 bridgehead atoms. The lowest BCUT2D eigenvalue weighted by Gasteiger charge is -1.94. The fourth-order valence-corrected chi connectivity index (χ4v) is 1.77. The quantitative estimate of drug-likeness (QED) is 0.738. The zero-order valence-corrected chi connectivity index (χ0v) is 8.71. The van der Waals surface area contributed by atoms with E-state index in [1.807, 2.05) is 0 Å². The molecule has 66 valence electrons. The lowest BCUT2D eigenvalue weighted by Crippen LogP contribution is -1.90. The van der Waals surface area contributed by atoms with Crippen molar-refractivity contribution < 1.29 is 4.79 Å². The van der Waals surface area contributed by atoms with Gasteiger partial charge in [-0.1, -0.05) is 11.6 Å². The summed E-state index contributed by atoms with van der Waals surface area (Å²) in [6, 6.07) is 3.45. The topological polar surface area (TPSA) is 34.4 Å². The van der Waals surface area contributed by atoms with Gasteiger partial charge in [0.05, 0.1) is 5.52 Å². The second-order valence-corrected chi connectivity index (χ2v) is 3.67. The molecule has 0 aliphatic heterocycles. The van der Waals surface area contributed by atoms with Gasteiger partial charge in [0.1, 0.15) is 4.60 Å². The Kier molecular flexibility index (Phi) is 2.09. The molecular formula is C8H4BrClN2O. The molecule has 0 aliphatic carbocycles. The molecule has 0 aromatic carbocycles. The second kappa shape index (κ2) is 3.12. The maximum absolute atomic E-state index is 10.6. The summed E-state index contributed by atoms with van der Waals surface area (Å²) in [6.45, 7) is 0. The predicted molar refractivity (Wildman–Crippen MR) is 53.3 cm³/mol. The zero-order valence-electron chi connectivity index (χ0n) is 6.37. The molecule has 0 amide bonds. The number of imidazole rings is 1. The van der Waals surface area contributed by atoms with Gasteiger partial charge in [-0.2, -0.15) is 0 Å². The number of halogens is 2. The van der Waals surface area contributed by atoms with Crippen LogP contribution in [0.4, 0.5) is 0 Å². The molecule has 0 N–H and O–H groups in total. The first-order valence-corrected chi connectivity index (χ1v) is 4.68. The summed E-state index contributed by atoms with van der Waals surface area (Å²) in [5.41, 5.74) is 0.787. The minimum atomic E-state index is 0.360. The molecule has 2 aromatic rings. The number of carbonyl (C=O) groups excluding carboxylic acids is 1. The van der Waals surface area contributed by atoms with Crippen molar-refractivity contribution in [2.45, 2.75) is 0 Å². The van der Waals surface area contributed by atoms with Crippen LogP contribution in [0, 0.1) is 0 Å². The standard InChI is InChI=1S/C8H4BrClN2O/c9-8-6-3-5(10)1-2-12(6)7(4-13)11-8/h1-4H. The highest BCUT2D eigenvalue weighted by Gasteiger charge is 2.07. The van der Waals surface area contributed by atoms with E-state index in [2.05, 4.69) is 20.9 Å². The number of pyridine rings is 1. The predicted octanol–water partition coefficient (Wildman–Crippen LogP) is 2.56. The highest BCUT2D eigenvalue weighted by Crippen LogP contribution is 2.21. The van der Waals surface area contributed by atoms with Gasteiger partial charge in [-0.15, -0.1) is 0 Å². The van der Waals surface area contributed by atoms with Gasteiger partial charge in [0.15, 0.2) is 12.1 Å². The van der Waals surface area contributed by atoms with Crippen molar-refractivity contribution >= 4 is 39.3 Å². The minimum absolute atomic E-state index is 0.360.